The van der Waals surface area contributed by atoms with Gasteiger partial charge in [0.25, 0.3) is 5.91 Å². The average Bonchev–Trinajstić information content (AvgIpc) is 2.82. The third-order valence-corrected chi connectivity index (χ3v) is 5.99. The number of anilines is 1. The second-order valence-corrected chi connectivity index (χ2v) is 7.86. The zero-order chi connectivity index (χ0) is 19.0. The van der Waals surface area contributed by atoms with Crippen LogP contribution in [0, 0.1) is 5.92 Å². The summed E-state index contributed by atoms with van der Waals surface area (Å²) in [5.74, 6) is -1.09. The van der Waals surface area contributed by atoms with Crippen molar-refractivity contribution in [2.24, 2.45) is 5.92 Å². The summed E-state index contributed by atoms with van der Waals surface area (Å²) in [4.78, 5) is 27.7. The summed E-state index contributed by atoms with van der Waals surface area (Å²) in [5.41, 5.74) is 0.366. The van der Waals surface area contributed by atoms with Crippen molar-refractivity contribution in [2.75, 3.05) is 4.90 Å². The first kappa shape index (κ1) is 18.2. The number of rotatable bonds is 3. The SMILES string of the molecule is O=C1CCCCC[C@@H]1[C@@]1(O)C(=O)N(Cc2ccc(Cl)cc2)c2ccccc21. The Bertz CT molecular complexity index is 879. The molecule has 5 heteroatoms. The lowest BCUT2D eigenvalue weighted by atomic mass is 9.77. The van der Waals surface area contributed by atoms with Crippen molar-refractivity contribution < 1.29 is 14.7 Å². The lowest BCUT2D eigenvalue weighted by molar-refractivity contribution is -0.150. The lowest BCUT2D eigenvalue weighted by Crippen LogP contribution is -2.48. The first-order chi connectivity index (χ1) is 13.0. The van der Waals surface area contributed by atoms with Gasteiger partial charge >= 0.3 is 0 Å². The number of Topliss-reactive ketones (excluding diaryl/α,β-unsaturated/α-hetero) is 1. The van der Waals surface area contributed by atoms with Crippen molar-refractivity contribution in [1.82, 2.24) is 0 Å². The predicted molar refractivity (Wildman–Crippen MR) is 105 cm³/mol. The average molecular weight is 384 g/mol. The zero-order valence-corrected chi connectivity index (χ0v) is 15.8. The van der Waals surface area contributed by atoms with Gasteiger partial charge in [-0.3, -0.25) is 9.59 Å². The van der Waals surface area contributed by atoms with Crippen LogP contribution in [0.3, 0.4) is 0 Å². The number of carbonyl (C=O) groups is 2. The third kappa shape index (κ3) is 3.07. The molecule has 2 aromatic rings. The van der Waals surface area contributed by atoms with Crippen LogP contribution in [0.2, 0.25) is 5.02 Å². The van der Waals surface area contributed by atoms with Gasteiger partial charge in [0.15, 0.2) is 5.60 Å². The highest BCUT2D eigenvalue weighted by Gasteiger charge is 2.56. The van der Waals surface area contributed by atoms with Crippen LogP contribution in [0.15, 0.2) is 48.5 Å². The maximum atomic E-state index is 13.4. The minimum absolute atomic E-state index is 0.00787. The van der Waals surface area contributed by atoms with Crippen molar-refractivity contribution in [3.05, 3.63) is 64.7 Å². The summed E-state index contributed by atoms with van der Waals surface area (Å²) in [5, 5.41) is 12.2. The molecule has 1 N–H and O–H groups in total. The van der Waals surface area contributed by atoms with Gasteiger partial charge in [0.2, 0.25) is 0 Å². The van der Waals surface area contributed by atoms with Crippen molar-refractivity contribution in [1.29, 1.82) is 0 Å². The molecule has 27 heavy (non-hydrogen) atoms. The molecule has 1 aliphatic heterocycles. The van der Waals surface area contributed by atoms with Crippen molar-refractivity contribution in [3.8, 4) is 0 Å². The molecule has 140 valence electrons. The molecule has 0 unspecified atom stereocenters. The van der Waals surface area contributed by atoms with Crippen molar-refractivity contribution in [3.63, 3.8) is 0 Å². The lowest BCUT2D eigenvalue weighted by Gasteiger charge is -2.30. The Morgan fingerprint density at radius 2 is 1.78 bits per heavy atom. The molecule has 1 saturated carbocycles. The summed E-state index contributed by atoms with van der Waals surface area (Å²) in [6.45, 7) is 0.330. The van der Waals surface area contributed by atoms with Crippen LogP contribution in [0.25, 0.3) is 0 Å². The summed E-state index contributed by atoms with van der Waals surface area (Å²) in [7, 11) is 0. The van der Waals surface area contributed by atoms with E-state index in [1.165, 1.54) is 0 Å². The topological polar surface area (TPSA) is 57.6 Å². The largest absolute Gasteiger partial charge is 0.375 e. The number of carbonyl (C=O) groups excluding carboxylic acids is 2. The predicted octanol–water partition coefficient (Wildman–Crippen LogP) is 4.22. The van der Waals surface area contributed by atoms with E-state index in [9.17, 15) is 14.7 Å². The van der Waals surface area contributed by atoms with Gasteiger partial charge in [0, 0.05) is 17.0 Å². The van der Waals surface area contributed by atoms with E-state index in [0.29, 0.717) is 35.7 Å². The minimum Gasteiger partial charge on any atom is -0.375 e. The normalized spacial score (nSPS) is 25.4. The third-order valence-electron chi connectivity index (χ3n) is 5.74. The Morgan fingerprint density at radius 3 is 2.56 bits per heavy atom. The Balaban J connectivity index is 1.74. The molecule has 0 saturated heterocycles. The Kier molecular flexibility index (Phi) is 4.79. The van der Waals surface area contributed by atoms with Gasteiger partial charge in [-0.25, -0.2) is 0 Å². The summed E-state index contributed by atoms with van der Waals surface area (Å²) in [6, 6.07) is 14.6. The number of hydrogen-bond acceptors (Lipinski definition) is 3. The van der Waals surface area contributed by atoms with Gasteiger partial charge in [0.05, 0.1) is 18.2 Å². The Morgan fingerprint density at radius 1 is 1.04 bits per heavy atom. The van der Waals surface area contributed by atoms with Crippen LogP contribution in [0.4, 0.5) is 5.69 Å². The molecule has 4 rings (SSSR count). The van der Waals surface area contributed by atoms with Gasteiger partial charge in [-0.2, -0.15) is 0 Å². The number of halogens is 1. The Hall–Kier alpha value is -2.17. The molecule has 2 aliphatic rings. The van der Waals surface area contributed by atoms with Crippen LogP contribution < -0.4 is 4.90 Å². The molecule has 2 atom stereocenters. The van der Waals surface area contributed by atoms with Crippen LogP contribution in [-0.2, 0) is 21.7 Å². The van der Waals surface area contributed by atoms with Crippen LogP contribution in [-0.4, -0.2) is 16.8 Å². The molecule has 1 fully saturated rings. The maximum Gasteiger partial charge on any atom is 0.264 e. The van der Waals surface area contributed by atoms with Crippen molar-refractivity contribution in [2.45, 2.75) is 44.2 Å². The molecule has 1 aliphatic carbocycles. The minimum atomic E-state index is -1.77. The van der Waals surface area contributed by atoms with Gasteiger partial charge in [-0.1, -0.05) is 54.8 Å². The van der Waals surface area contributed by atoms with Crippen LogP contribution in [0.1, 0.15) is 43.2 Å². The number of para-hydroxylation sites is 1. The van der Waals surface area contributed by atoms with E-state index in [1.807, 2.05) is 30.3 Å². The van der Waals surface area contributed by atoms with Gasteiger partial charge in [-0.05, 0) is 36.6 Å². The first-order valence-corrected chi connectivity index (χ1v) is 9.80. The van der Waals surface area contributed by atoms with Gasteiger partial charge < -0.3 is 10.0 Å². The van der Waals surface area contributed by atoms with E-state index in [-0.39, 0.29) is 5.78 Å². The van der Waals surface area contributed by atoms with E-state index in [0.717, 1.165) is 24.8 Å². The van der Waals surface area contributed by atoms with E-state index in [2.05, 4.69) is 0 Å². The summed E-state index contributed by atoms with van der Waals surface area (Å²) in [6.07, 6.45) is 3.62. The second kappa shape index (κ2) is 7.10. The highest BCUT2D eigenvalue weighted by Crippen LogP contribution is 2.47. The first-order valence-electron chi connectivity index (χ1n) is 9.43. The molecule has 4 nitrogen and oxygen atoms in total. The molecular weight excluding hydrogens is 362 g/mol. The molecule has 0 aromatic heterocycles. The smallest absolute Gasteiger partial charge is 0.264 e. The van der Waals surface area contributed by atoms with E-state index >= 15 is 0 Å². The molecule has 0 radical (unpaired) electrons. The molecule has 2 aromatic carbocycles. The second-order valence-electron chi connectivity index (χ2n) is 7.42. The number of hydrogen-bond donors (Lipinski definition) is 1. The highest BCUT2D eigenvalue weighted by molar-refractivity contribution is 6.30. The summed E-state index contributed by atoms with van der Waals surface area (Å²) >= 11 is 5.96. The maximum absolute atomic E-state index is 13.4. The van der Waals surface area contributed by atoms with E-state index < -0.39 is 17.4 Å². The van der Waals surface area contributed by atoms with Gasteiger partial charge in [0.1, 0.15) is 5.78 Å². The highest BCUT2D eigenvalue weighted by atomic mass is 35.5. The number of aliphatic hydroxyl groups is 1. The number of amides is 1. The number of fused-ring (bicyclic) bond motifs is 1. The van der Waals surface area contributed by atoms with Crippen LogP contribution in [0.5, 0.6) is 0 Å². The van der Waals surface area contributed by atoms with Crippen molar-refractivity contribution >= 4 is 29.0 Å². The number of nitrogens with zero attached hydrogens (tertiary/aromatic N) is 1. The van der Waals surface area contributed by atoms with E-state index in [4.69, 9.17) is 11.6 Å². The molecular formula is C22H22ClNO3. The number of ketones is 1. The molecule has 0 spiro atoms. The fourth-order valence-electron chi connectivity index (χ4n) is 4.33. The standard InChI is InChI=1S/C22H22ClNO3/c23-16-12-10-15(11-13-16)14-24-19-8-5-4-6-17(19)22(27,21(24)26)18-7-2-1-3-9-20(18)25/h4-6,8,10-13,18,27H,1-3,7,9,14H2/t18-,22+/m0/s1. The monoisotopic (exact) mass is 383 g/mol. The quantitative estimate of drug-likeness (QED) is 0.807. The van der Waals surface area contributed by atoms with Gasteiger partial charge in [-0.15, -0.1) is 0 Å². The molecule has 1 heterocycles. The zero-order valence-electron chi connectivity index (χ0n) is 15.0. The number of benzene rings is 2. The van der Waals surface area contributed by atoms with E-state index in [1.54, 1.807) is 23.1 Å². The fourth-order valence-corrected chi connectivity index (χ4v) is 4.46. The molecule has 0 bridgehead atoms. The Labute approximate surface area is 163 Å². The fraction of sp³-hybridized carbons (Fsp3) is 0.364. The molecule has 1 amide bonds. The summed E-state index contributed by atoms with van der Waals surface area (Å²) < 4.78 is 0. The van der Waals surface area contributed by atoms with Crippen LogP contribution >= 0.6 is 11.6 Å².